The van der Waals surface area contributed by atoms with E-state index in [1.165, 1.54) is 0 Å². The Morgan fingerprint density at radius 1 is 1.09 bits per heavy atom. The average molecular weight is 318 g/mol. The molecule has 2 fully saturated rings. The molecule has 22 heavy (non-hydrogen) atoms. The minimum absolute atomic E-state index is 0.0984. The van der Waals surface area contributed by atoms with Crippen LogP contribution in [-0.2, 0) is 15.3 Å². The zero-order valence-corrected chi connectivity index (χ0v) is 13.5. The van der Waals surface area contributed by atoms with Crippen LogP contribution in [0.2, 0.25) is 0 Å². The van der Waals surface area contributed by atoms with Crippen molar-refractivity contribution in [2.24, 2.45) is 0 Å². The maximum Gasteiger partial charge on any atom is 0.151 e. The first-order valence-electron chi connectivity index (χ1n) is 7.96. The number of benzene rings is 1. The van der Waals surface area contributed by atoms with E-state index >= 15 is 0 Å². The van der Waals surface area contributed by atoms with E-state index in [0.29, 0.717) is 11.8 Å². The number of hydrogen-bond donors (Lipinski definition) is 1. The molecule has 1 aliphatic heterocycles. The van der Waals surface area contributed by atoms with E-state index in [1.807, 2.05) is 30.3 Å². The Balaban J connectivity index is 1.61. The Bertz CT molecular complexity index is 656. The molecule has 1 heterocycles. The van der Waals surface area contributed by atoms with Gasteiger partial charge in [-0.1, -0.05) is 30.3 Å². The lowest BCUT2D eigenvalue weighted by Crippen LogP contribution is -2.44. The van der Waals surface area contributed by atoms with Crippen molar-refractivity contribution in [1.82, 2.24) is 5.32 Å². The van der Waals surface area contributed by atoms with Crippen molar-refractivity contribution in [2.75, 3.05) is 11.5 Å². The highest BCUT2D eigenvalue weighted by atomic mass is 32.2. The number of nitrogens with zero attached hydrogens (tertiary/aromatic N) is 1. The van der Waals surface area contributed by atoms with Gasteiger partial charge in [0.2, 0.25) is 0 Å². The minimum Gasteiger partial charge on any atom is -0.310 e. The maximum absolute atomic E-state index is 11.5. The molecule has 1 saturated heterocycles. The first kappa shape index (κ1) is 15.5. The lowest BCUT2D eigenvalue weighted by atomic mass is 9.69. The molecular weight excluding hydrogens is 296 g/mol. The molecule has 0 amide bonds. The van der Waals surface area contributed by atoms with Gasteiger partial charge in [-0.05, 0) is 37.7 Å². The fourth-order valence-electron chi connectivity index (χ4n) is 3.76. The summed E-state index contributed by atoms with van der Waals surface area (Å²) in [6, 6.07) is 13.0. The Morgan fingerprint density at radius 3 is 2.32 bits per heavy atom. The quantitative estimate of drug-likeness (QED) is 0.927. The van der Waals surface area contributed by atoms with Crippen LogP contribution in [-0.4, -0.2) is 32.0 Å². The van der Waals surface area contributed by atoms with Gasteiger partial charge in [-0.3, -0.25) is 0 Å². The Hall–Kier alpha value is -1.38. The summed E-state index contributed by atoms with van der Waals surface area (Å²) in [7, 11) is -2.83. The van der Waals surface area contributed by atoms with Gasteiger partial charge in [0.05, 0.1) is 23.0 Å². The standard InChI is InChI=1S/C17H22N2O2S/c18-13-17(14-4-2-1-3-5-14)9-6-15(7-10-17)19-16-8-11-22(20,21)12-16/h1-5,15-16,19H,6-12H2. The molecule has 2 aliphatic rings. The third kappa shape index (κ3) is 3.18. The zero-order valence-electron chi connectivity index (χ0n) is 12.7. The van der Waals surface area contributed by atoms with E-state index in [2.05, 4.69) is 11.4 Å². The highest BCUT2D eigenvalue weighted by Crippen LogP contribution is 2.39. The number of rotatable bonds is 3. The molecule has 118 valence electrons. The number of sulfone groups is 1. The topological polar surface area (TPSA) is 70.0 Å². The van der Waals surface area contributed by atoms with Crippen molar-refractivity contribution in [3.05, 3.63) is 35.9 Å². The summed E-state index contributed by atoms with van der Waals surface area (Å²) in [6.45, 7) is 0. The Labute approximate surface area is 132 Å². The molecule has 1 aliphatic carbocycles. The molecule has 1 unspecified atom stereocenters. The summed E-state index contributed by atoms with van der Waals surface area (Å²) in [5.74, 6) is 0.578. The summed E-state index contributed by atoms with van der Waals surface area (Å²) in [6.07, 6.45) is 4.26. The van der Waals surface area contributed by atoms with E-state index in [4.69, 9.17) is 0 Å². The van der Waals surface area contributed by atoms with Gasteiger partial charge in [0.15, 0.2) is 9.84 Å². The third-order valence-corrected chi connectivity index (χ3v) is 6.85. The summed E-state index contributed by atoms with van der Waals surface area (Å²) in [4.78, 5) is 0. The molecular formula is C17H22N2O2S. The molecule has 0 bridgehead atoms. The zero-order chi connectivity index (χ0) is 15.6. The van der Waals surface area contributed by atoms with Crippen molar-refractivity contribution in [2.45, 2.75) is 49.6 Å². The predicted octanol–water partition coefficient (Wildman–Crippen LogP) is 2.17. The minimum atomic E-state index is -2.83. The van der Waals surface area contributed by atoms with Gasteiger partial charge in [0.25, 0.3) is 0 Å². The molecule has 1 aromatic carbocycles. The SMILES string of the molecule is N#CC1(c2ccccc2)CCC(NC2CCS(=O)(=O)C2)CC1. The van der Waals surface area contributed by atoms with Gasteiger partial charge >= 0.3 is 0 Å². The van der Waals surface area contributed by atoms with E-state index < -0.39 is 9.84 Å². The van der Waals surface area contributed by atoms with Gasteiger partial charge in [0.1, 0.15) is 0 Å². The molecule has 0 spiro atoms. The largest absolute Gasteiger partial charge is 0.310 e. The molecule has 0 aromatic heterocycles. The summed E-state index contributed by atoms with van der Waals surface area (Å²) >= 11 is 0. The van der Waals surface area contributed by atoms with Gasteiger partial charge < -0.3 is 5.32 Å². The van der Waals surface area contributed by atoms with Crippen molar-refractivity contribution in [3.8, 4) is 6.07 Å². The highest BCUT2D eigenvalue weighted by molar-refractivity contribution is 7.91. The molecule has 3 rings (SSSR count). The van der Waals surface area contributed by atoms with Crippen LogP contribution in [0.4, 0.5) is 0 Å². The van der Waals surface area contributed by atoms with E-state index in [0.717, 1.165) is 37.7 Å². The van der Waals surface area contributed by atoms with E-state index in [1.54, 1.807) is 0 Å². The fraction of sp³-hybridized carbons (Fsp3) is 0.588. The molecule has 5 heteroatoms. The van der Waals surface area contributed by atoms with Gasteiger partial charge in [-0.25, -0.2) is 8.42 Å². The highest BCUT2D eigenvalue weighted by Gasteiger charge is 2.38. The average Bonchev–Trinajstić information content (AvgIpc) is 2.88. The number of hydrogen-bond acceptors (Lipinski definition) is 4. The third-order valence-electron chi connectivity index (χ3n) is 5.08. The maximum atomic E-state index is 11.5. The molecule has 1 saturated carbocycles. The lowest BCUT2D eigenvalue weighted by molar-refractivity contribution is 0.281. The van der Waals surface area contributed by atoms with Crippen molar-refractivity contribution in [1.29, 1.82) is 5.26 Å². The molecule has 0 radical (unpaired) electrons. The van der Waals surface area contributed by atoms with Crippen LogP contribution in [0.3, 0.4) is 0 Å². The lowest BCUT2D eigenvalue weighted by Gasteiger charge is -2.36. The van der Waals surface area contributed by atoms with Gasteiger partial charge in [-0.15, -0.1) is 0 Å². The van der Waals surface area contributed by atoms with Crippen LogP contribution in [0.5, 0.6) is 0 Å². The van der Waals surface area contributed by atoms with Crippen LogP contribution < -0.4 is 5.32 Å². The molecule has 1 aromatic rings. The van der Waals surface area contributed by atoms with Crippen LogP contribution in [0, 0.1) is 11.3 Å². The van der Waals surface area contributed by atoms with Crippen LogP contribution in [0.25, 0.3) is 0 Å². The van der Waals surface area contributed by atoms with Gasteiger partial charge in [-0.2, -0.15) is 5.26 Å². The first-order chi connectivity index (χ1) is 10.5. The molecule has 1 N–H and O–H groups in total. The predicted molar refractivity (Wildman–Crippen MR) is 86.2 cm³/mol. The summed E-state index contributed by atoms with van der Waals surface area (Å²) in [5.41, 5.74) is 0.737. The molecule has 4 nitrogen and oxygen atoms in total. The van der Waals surface area contributed by atoms with Crippen LogP contribution in [0.1, 0.15) is 37.7 Å². The summed E-state index contributed by atoms with van der Waals surface area (Å²) in [5, 5.41) is 13.2. The normalized spacial score (nSPS) is 34.1. The van der Waals surface area contributed by atoms with Crippen LogP contribution in [0.15, 0.2) is 30.3 Å². The smallest absolute Gasteiger partial charge is 0.151 e. The second-order valence-corrected chi connectivity index (χ2v) is 8.83. The Morgan fingerprint density at radius 2 is 1.77 bits per heavy atom. The van der Waals surface area contributed by atoms with E-state index in [-0.39, 0.29) is 17.2 Å². The van der Waals surface area contributed by atoms with E-state index in [9.17, 15) is 13.7 Å². The number of nitrogens with one attached hydrogen (secondary N) is 1. The van der Waals surface area contributed by atoms with Gasteiger partial charge in [0, 0.05) is 12.1 Å². The first-order valence-corrected chi connectivity index (χ1v) is 9.78. The monoisotopic (exact) mass is 318 g/mol. The van der Waals surface area contributed by atoms with Crippen molar-refractivity contribution >= 4 is 9.84 Å². The Kier molecular flexibility index (Phi) is 4.24. The fourth-order valence-corrected chi connectivity index (χ4v) is 5.45. The summed E-state index contributed by atoms with van der Waals surface area (Å²) < 4.78 is 23.1. The van der Waals surface area contributed by atoms with Crippen molar-refractivity contribution in [3.63, 3.8) is 0 Å². The number of nitriles is 1. The second kappa shape index (κ2) is 6.02. The molecule has 1 atom stereocenters. The van der Waals surface area contributed by atoms with Crippen molar-refractivity contribution < 1.29 is 8.42 Å². The van der Waals surface area contributed by atoms with Crippen LogP contribution >= 0.6 is 0 Å². The second-order valence-electron chi connectivity index (χ2n) is 6.60.